The molecular formula is C32H36N4O8S4. The molecule has 256 valence electrons. The average Bonchev–Trinajstić information content (AvgIpc) is 3.15. The molecule has 48 heavy (non-hydrogen) atoms. The topological polar surface area (TPSA) is 118 Å². The van der Waals surface area contributed by atoms with Crippen molar-refractivity contribution in [1.82, 2.24) is 17.2 Å². The van der Waals surface area contributed by atoms with Crippen molar-refractivity contribution in [2.75, 3.05) is 53.8 Å². The first-order valence-corrected chi connectivity index (χ1v) is 19.1. The minimum Gasteiger partial charge on any atom is -0.349 e. The maximum atomic E-state index is 13.6. The van der Waals surface area contributed by atoms with Crippen molar-refractivity contribution in [2.24, 2.45) is 0 Å². The Bertz CT molecular complexity index is 1380. The highest BCUT2D eigenvalue weighted by Crippen LogP contribution is 2.17. The van der Waals surface area contributed by atoms with Gasteiger partial charge in [0.1, 0.15) is 97.8 Å². The van der Waals surface area contributed by atoms with Gasteiger partial charge in [0, 0.05) is 0 Å². The minimum absolute atomic E-state index is 0.160. The van der Waals surface area contributed by atoms with Gasteiger partial charge in [0.15, 0.2) is 0 Å². The first kappa shape index (κ1) is 36.4. The van der Waals surface area contributed by atoms with Crippen LogP contribution in [0.3, 0.4) is 0 Å². The van der Waals surface area contributed by atoms with Crippen molar-refractivity contribution in [3.05, 3.63) is 121 Å². The summed E-state index contributed by atoms with van der Waals surface area (Å²) in [7, 11) is -6.71. The third-order valence-electron chi connectivity index (χ3n) is 6.60. The molecule has 5 rings (SSSR count). The van der Waals surface area contributed by atoms with Gasteiger partial charge in [0.25, 0.3) is 0 Å². The summed E-state index contributed by atoms with van der Waals surface area (Å²) in [4.78, 5) is 2.14. The van der Waals surface area contributed by atoms with Crippen molar-refractivity contribution in [3.8, 4) is 0 Å². The lowest BCUT2D eigenvalue weighted by Crippen LogP contribution is -2.40. The lowest BCUT2D eigenvalue weighted by atomic mass is 10.4. The first-order chi connectivity index (χ1) is 23.5. The lowest BCUT2D eigenvalue weighted by Gasteiger charge is -2.28. The summed E-state index contributed by atoms with van der Waals surface area (Å²) in [6.45, 7) is -1.28. The molecule has 0 saturated carbocycles. The van der Waals surface area contributed by atoms with E-state index >= 15 is 0 Å². The second-order valence-electron chi connectivity index (χ2n) is 10.0. The molecule has 0 bridgehead atoms. The van der Waals surface area contributed by atoms with E-state index in [9.17, 15) is 16.8 Å². The minimum atomic E-state index is -1.68. The smallest absolute Gasteiger partial charge is 0.131 e. The molecule has 4 atom stereocenters. The van der Waals surface area contributed by atoms with Crippen molar-refractivity contribution in [2.45, 2.75) is 19.6 Å². The van der Waals surface area contributed by atoms with E-state index in [-0.39, 0.29) is 53.8 Å². The summed E-state index contributed by atoms with van der Waals surface area (Å²) in [5.41, 5.74) is 0. The number of ether oxygens (including phenoxy) is 4. The van der Waals surface area contributed by atoms with E-state index in [0.29, 0.717) is 19.6 Å². The molecule has 0 aromatic heterocycles. The Balaban J connectivity index is 1.39. The standard InChI is InChI=1S/C32H36N4O8S4/c37-45(29-13-5-1-6-14-29)33-21-41-23-34(46(38)30-15-7-2-8-16-30)25-43-27-36(48(40)32-19-11-4-12-20-32)28-44-26-35(24-42-22-33)47(39)31-17-9-3-10-18-31/h1-20H,21-28H2/t45-,46-,47+,48+. The number of hydrogen-bond donors (Lipinski definition) is 0. The van der Waals surface area contributed by atoms with Crippen LogP contribution >= 0.6 is 0 Å². The zero-order valence-electron chi connectivity index (χ0n) is 25.9. The molecular weight excluding hydrogens is 697 g/mol. The van der Waals surface area contributed by atoms with Gasteiger partial charge in [-0.3, -0.25) is 0 Å². The zero-order chi connectivity index (χ0) is 33.6. The maximum Gasteiger partial charge on any atom is 0.131 e. The zero-order valence-corrected chi connectivity index (χ0v) is 29.2. The van der Waals surface area contributed by atoms with Gasteiger partial charge in [-0.25, -0.2) is 16.8 Å². The summed E-state index contributed by atoms with van der Waals surface area (Å²) >= 11 is 0. The molecule has 1 aliphatic heterocycles. The highest BCUT2D eigenvalue weighted by atomic mass is 32.2. The van der Waals surface area contributed by atoms with E-state index in [1.165, 1.54) is 17.2 Å². The quantitative estimate of drug-likeness (QED) is 0.269. The van der Waals surface area contributed by atoms with Crippen molar-refractivity contribution < 1.29 is 35.8 Å². The van der Waals surface area contributed by atoms with Crippen LogP contribution in [0.5, 0.6) is 0 Å². The Kier molecular flexibility index (Phi) is 14.7. The largest absolute Gasteiger partial charge is 0.349 e. The predicted molar refractivity (Wildman–Crippen MR) is 182 cm³/mol. The normalized spacial score (nSPS) is 20.0. The van der Waals surface area contributed by atoms with Crippen LogP contribution in [0.25, 0.3) is 0 Å². The number of hydrogen-bond acceptors (Lipinski definition) is 8. The Hall–Kier alpha value is -2.84. The monoisotopic (exact) mass is 732 g/mol. The second kappa shape index (κ2) is 19.4. The lowest BCUT2D eigenvalue weighted by molar-refractivity contribution is -0.0843. The van der Waals surface area contributed by atoms with E-state index < -0.39 is 43.9 Å². The van der Waals surface area contributed by atoms with Crippen LogP contribution in [-0.2, 0) is 62.9 Å². The molecule has 1 heterocycles. The Morgan fingerprint density at radius 2 is 0.479 bits per heavy atom. The maximum absolute atomic E-state index is 13.6. The second-order valence-corrected chi connectivity index (χ2v) is 16.0. The van der Waals surface area contributed by atoms with Gasteiger partial charge >= 0.3 is 0 Å². The van der Waals surface area contributed by atoms with Crippen LogP contribution in [0, 0.1) is 0 Å². The van der Waals surface area contributed by atoms with Gasteiger partial charge in [-0.1, -0.05) is 72.8 Å². The van der Waals surface area contributed by atoms with Gasteiger partial charge in [-0.05, 0) is 48.5 Å². The molecule has 4 aromatic carbocycles. The van der Waals surface area contributed by atoms with E-state index in [4.69, 9.17) is 18.9 Å². The fraction of sp³-hybridized carbons (Fsp3) is 0.250. The Morgan fingerprint density at radius 3 is 0.646 bits per heavy atom. The fourth-order valence-electron chi connectivity index (χ4n) is 4.25. The molecule has 0 radical (unpaired) electrons. The van der Waals surface area contributed by atoms with Crippen LogP contribution in [0.4, 0.5) is 0 Å². The van der Waals surface area contributed by atoms with Gasteiger partial charge in [-0.15, -0.1) is 0 Å². The SMILES string of the molecule is O=[S@](c1ccccc1)N1COCN([S@](=O)c2ccccc2)COCN([S@@](=O)c2ccccc2)COCN([S@@](=O)c2ccccc2)COC1. The van der Waals surface area contributed by atoms with Gasteiger partial charge < -0.3 is 18.9 Å². The molecule has 0 amide bonds. The van der Waals surface area contributed by atoms with Crippen LogP contribution in [0.2, 0.25) is 0 Å². The van der Waals surface area contributed by atoms with E-state index in [0.717, 1.165) is 0 Å². The van der Waals surface area contributed by atoms with Gasteiger partial charge in [0.05, 0.1) is 19.6 Å². The molecule has 0 aliphatic carbocycles. The molecule has 1 saturated heterocycles. The highest BCUT2D eigenvalue weighted by molar-refractivity contribution is 7.83. The van der Waals surface area contributed by atoms with Crippen molar-refractivity contribution in [3.63, 3.8) is 0 Å². The number of nitrogens with zero attached hydrogens (tertiary/aromatic N) is 4. The fourth-order valence-corrected chi connectivity index (χ4v) is 8.37. The Morgan fingerprint density at radius 1 is 0.312 bits per heavy atom. The average molecular weight is 733 g/mol. The molecule has 1 fully saturated rings. The van der Waals surface area contributed by atoms with Crippen LogP contribution < -0.4 is 0 Å². The van der Waals surface area contributed by atoms with E-state index in [1.807, 2.05) is 24.3 Å². The summed E-state index contributed by atoms with van der Waals surface area (Å²) in [6.07, 6.45) is 0. The summed E-state index contributed by atoms with van der Waals surface area (Å²) < 4.78 is 84.0. The molecule has 0 unspecified atom stereocenters. The third kappa shape index (κ3) is 10.6. The highest BCUT2D eigenvalue weighted by Gasteiger charge is 2.24. The molecule has 0 N–H and O–H groups in total. The molecule has 16 heteroatoms. The van der Waals surface area contributed by atoms with E-state index in [2.05, 4.69) is 0 Å². The van der Waals surface area contributed by atoms with Crippen molar-refractivity contribution >= 4 is 43.9 Å². The number of rotatable bonds is 8. The van der Waals surface area contributed by atoms with Crippen molar-refractivity contribution in [1.29, 1.82) is 0 Å². The van der Waals surface area contributed by atoms with Gasteiger partial charge in [0.2, 0.25) is 0 Å². The van der Waals surface area contributed by atoms with Crippen LogP contribution in [-0.4, -0.2) is 87.9 Å². The molecule has 12 nitrogen and oxygen atoms in total. The Labute approximate surface area is 290 Å². The molecule has 0 spiro atoms. The summed E-state index contributed by atoms with van der Waals surface area (Å²) in [5.74, 6) is 0. The first-order valence-electron chi connectivity index (χ1n) is 14.7. The summed E-state index contributed by atoms with van der Waals surface area (Å²) in [5, 5.41) is 0. The summed E-state index contributed by atoms with van der Waals surface area (Å²) in [6, 6.07) is 35.4. The van der Waals surface area contributed by atoms with Gasteiger partial charge in [-0.2, -0.15) is 17.2 Å². The van der Waals surface area contributed by atoms with Crippen LogP contribution in [0.15, 0.2) is 141 Å². The van der Waals surface area contributed by atoms with E-state index in [1.54, 1.807) is 97.1 Å². The molecule has 1 aliphatic rings. The van der Waals surface area contributed by atoms with Crippen LogP contribution in [0.1, 0.15) is 0 Å². The third-order valence-corrected chi connectivity index (χ3v) is 12.0. The molecule has 4 aromatic rings. The number of benzene rings is 4. The predicted octanol–water partition coefficient (Wildman–Crippen LogP) is 3.83.